The molecule has 3 aliphatic heterocycles. The van der Waals surface area contributed by atoms with Crippen molar-refractivity contribution < 1.29 is 32.9 Å². The van der Waals surface area contributed by atoms with Gasteiger partial charge in [-0.15, -0.1) is 0 Å². The van der Waals surface area contributed by atoms with Gasteiger partial charge in [0.1, 0.15) is 5.69 Å². The highest BCUT2D eigenvalue weighted by molar-refractivity contribution is 7.19. The molecule has 0 spiro atoms. The molecule has 20 heteroatoms. The molecule has 0 atom stereocenters. The number of rotatable bonds is 20. The predicted octanol–water partition coefficient (Wildman–Crippen LogP) is 10.2. The van der Waals surface area contributed by atoms with Gasteiger partial charge in [-0.3, -0.25) is 44.0 Å². The normalized spacial score (nSPS) is 14.9. The molecule has 0 bridgehead atoms. The molecule has 71 heavy (non-hydrogen) atoms. The van der Waals surface area contributed by atoms with E-state index in [1.807, 2.05) is 15.9 Å². The van der Waals surface area contributed by atoms with Crippen LogP contribution in [0.2, 0.25) is 0 Å². The summed E-state index contributed by atoms with van der Waals surface area (Å²) < 4.78 is 33.2. The largest absolute Gasteiger partial charge is 0.348 e. The molecular formula is C51H63F2N11O6S. The zero-order valence-electron chi connectivity index (χ0n) is 40.8. The van der Waals surface area contributed by atoms with Crippen LogP contribution in [-0.4, -0.2) is 89.1 Å². The molecule has 8 rings (SSSR count). The number of amides is 4. The molecular weight excluding hydrogens is 933 g/mol. The number of nitrogens with one attached hydrogen (secondary N) is 2. The van der Waals surface area contributed by atoms with Gasteiger partial charge in [0.15, 0.2) is 10.9 Å². The lowest BCUT2D eigenvalue weighted by Gasteiger charge is -2.34. The van der Waals surface area contributed by atoms with Crippen LogP contribution in [0.15, 0.2) is 48.8 Å². The lowest BCUT2D eigenvalue weighted by Crippen LogP contribution is -2.40. The fraction of sp³-hybridized carbons (Fsp3) is 0.510. The summed E-state index contributed by atoms with van der Waals surface area (Å²) >= 11 is 0.780. The SMILES string of the molecule is CC(=O)N1CCc2c(c(N3CCCc4cc(-c5cnn(C)c5)c(C(F)F)cc43)nn2C2CCN(C(=O)CCCCCCCCCCCC(=O)Nc3ccccc3C(=O)Nc3nc(C)c([N+](=O)[O-])s3)CC2)C1. The number of piperidine rings is 1. The molecule has 0 radical (unpaired) electrons. The Morgan fingerprint density at radius 2 is 1.61 bits per heavy atom. The summed E-state index contributed by atoms with van der Waals surface area (Å²) in [6, 6.07) is 10.2. The third-order valence-corrected chi connectivity index (χ3v) is 15.0. The highest BCUT2D eigenvalue weighted by Gasteiger charge is 2.35. The first kappa shape index (κ1) is 50.8. The molecule has 6 heterocycles. The standard InChI is InChI=1S/C51H63F2N11O6S/c1-33-50(64(69)70)71-51(55-33)57-49(68)38-17-13-14-18-42(38)56-45(66)19-11-9-7-5-4-6-8-10-12-20-46(67)60-25-21-37(22-26-60)63-43-23-27-61(34(2)65)32-41(43)48(58-63)62-24-15-16-35-28-39(36-30-54-59(3)31-36)40(47(52)53)29-44(35)62/h13-14,17-18,28-31,37,47H,4-12,15-16,19-27,32H2,1-3H3,(H,56,66)(H,55,57,68). The van der Waals surface area contributed by atoms with Crippen molar-refractivity contribution >= 4 is 62.3 Å². The number of carbonyl (C=O) groups is 4. The van der Waals surface area contributed by atoms with E-state index in [4.69, 9.17) is 5.10 Å². The molecule has 378 valence electrons. The Balaban J connectivity index is 0.750. The third-order valence-electron chi connectivity index (χ3n) is 13.9. The highest BCUT2D eigenvalue weighted by Crippen LogP contribution is 2.44. The number of hydrogen-bond acceptors (Lipinski definition) is 11. The van der Waals surface area contributed by atoms with Gasteiger partial charge < -0.3 is 20.0 Å². The van der Waals surface area contributed by atoms with Crippen LogP contribution >= 0.6 is 11.3 Å². The minimum atomic E-state index is -2.68. The van der Waals surface area contributed by atoms with E-state index in [2.05, 4.69) is 30.3 Å². The second-order valence-electron chi connectivity index (χ2n) is 18.9. The molecule has 2 N–H and O–H groups in total. The first-order valence-corrected chi connectivity index (χ1v) is 25.7. The number of hydrogen-bond donors (Lipinski definition) is 2. The number of unbranched alkanes of at least 4 members (excludes halogenated alkanes) is 8. The van der Waals surface area contributed by atoms with E-state index in [9.17, 15) is 38.1 Å². The average molecular weight is 996 g/mol. The number of carbonyl (C=O) groups excluding carboxylic acids is 4. The van der Waals surface area contributed by atoms with Gasteiger partial charge in [-0.05, 0) is 92.2 Å². The van der Waals surface area contributed by atoms with E-state index in [1.54, 1.807) is 61.4 Å². The van der Waals surface area contributed by atoms with E-state index < -0.39 is 17.3 Å². The summed E-state index contributed by atoms with van der Waals surface area (Å²) in [5, 5.41) is 26.1. The number of nitrogens with zero attached hydrogens (tertiary/aromatic N) is 9. The van der Waals surface area contributed by atoms with E-state index in [1.165, 1.54) is 6.92 Å². The number of anilines is 4. The van der Waals surface area contributed by atoms with Gasteiger partial charge in [-0.25, -0.2) is 13.8 Å². The van der Waals surface area contributed by atoms with E-state index in [0.29, 0.717) is 68.8 Å². The third kappa shape index (κ3) is 12.1. The first-order valence-electron chi connectivity index (χ1n) is 24.9. The minimum Gasteiger partial charge on any atom is -0.343 e. The number of halogens is 2. The molecule has 0 saturated carbocycles. The highest BCUT2D eigenvalue weighted by atomic mass is 32.1. The van der Waals surface area contributed by atoms with E-state index in [0.717, 1.165) is 123 Å². The van der Waals surface area contributed by atoms with Crippen LogP contribution in [0.25, 0.3) is 11.1 Å². The molecule has 3 aliphatic rings. The van der Waals surface area contributed by atoms with Crippen LogP contribution in [0.5, 0.6) is 0 Å². The quantitative estimate of drug-likeness (QED) is 0.0431. The smallest absolute Gasteiger partial charge is 0.343 e. The van der Waals surface area contributed by atoms with Crippen molar-refractivity contribution in [2.45, 2.75) is 136 Å². The number of aromatic nitrogens is 5. The zero-order chi connectivity index (χ0) is 50.2. The van der Waals surface area contributed by atoms with Gasteiger partial charge >= 0.3 is 5.00 Å². The number of benzene rings is 2. The Morgan fingerprint density at radius 1 is 0.901 bits per heavy atom. The molecule has 3 aromatic heterocycles. The average Bonchev–Trinajstić information content (AvgIpc) is 4.08. The fourth-order valence-corrected chi connectivity index (χ4v) is 10.9. The van der Waals surface area contributed by atoms with Crippen molar-refractivity contribution in [3.8, 4) is 11.1 Å². The zero-order valence-corrected chi connectivity index (χ0v) is 41.6. The summed E-state index contributed by atoms with van der Waals surface area (Å²) in [6.45, 7) is 6.00. The number of fused-ring (bicyclic) bond motifs is 2. The molecule has 5 aromatic rings. The van der Waals surface area contributed by atoms with Crippen molar-refractivity contribution in [3.63, 3.8) is 0 Å². The van der Waals surface area contributed by atoms with Crippen molar-refractivity contribution in [2.75, 3.05) is 41.7 Å². The van der Waals surface area contributed by atoms with Gasteiger partial charge in [-0.1, -0.05) is 57.1 Å². The summed E-state index contributed by atoms with van der Waals surface area (Å²) in [5.41, 5.74) is 5.70. The fourth-order valence-electron chi connectivity index (χ4n) is 10.2. The summed E-state index contributed by atoms with van der Waals surface area (Å²) in [6.07, 6.45) is 14.1. The van der Waals surface area contributed by atoms with Crippen LogP contribution in [0.4, 0.5) is 36.1 Å². The molecule has 1 saturated heterocycles. The van der Waals surface area contributed by atoms with Gasteiger partial charge in [-0.2, -0.15) is 10.2 Å². The second kappa shape index (κ2) is 23.1. The second-order valence-corrected chi connectivity index (χ2v) is 19.9. The van der Waals surface area contributed by atoms with Gasteiger partial charge in [0.2, 0.25) is 17.7 Å². The Hall–Kier alpha value is -6.57. The number of nitro groups is 1. The summed E-state index contributed by atoms with van der Waals surface area (Å²) in [4.78, 5) is 72.3. The van der Waals surface area contributed by atoms with E-state index >= 15 is 0 Å². The van der Waals surface area contributed by atoms with Crippen LogP contribution in [-0.2, 0) is 40.8 Å². The molecule has 17 nitrogen and oxygen atoms in total. The van der Waals surface area contributed by atoms with Crippen molar-refractivity contribution in [2.24, 2.45) is 7.05 Å². The van der Waals surface area contributed by atoms with E-state index in [-0.39, 0.29) is 50.7 Å². The Kier molecular flexibility index (Phi) is 16.5. The van der Waals surface area contributed by atoms with Gasteiger partial charge in [0, 0.05) is 93.7 Å². The Labute approximate surface area is 416 Å². The monoisotopic (exact) mass is 995 g/mol. The first-order chi connectivity index (χ1) is 34.2. The Morgan fingerprint density at radius 3 is 2.27 bits per heavy atom. The topological polar surface area (TPSA) is 194 Å². The lowest BCUT2D eigenvalue weighted by molar-refractivity contribution is -0.380. The molecule has 0 aliphatic carbocycles. The van der Waals surface area contributed by atoms with Crippen LogP contribution < -0.4 is 15.5 Å². The van der Waals surface area contributed by atoms with Crippen LogP contribution in [0, 0.1) is 17.0 Å². The maximum atomic E-state index is 14.7. The van der Waals surface area contributed by atoms with Crippen molar-refractivity contribution in [1.29, 1.82) is 0 Å². The summed E-state index contributed by atoms with van der Waals surface area (Å²) in [7, 11) is 1.77. The lowest BCUT2D eigenvalue weighted by atomic mass is 9.92. The number of alkyl halides is 2. The van der Waals surface area contributed by atoms with Crippen molar-refractivity contribution in [1.82, 2.24) is 34.3 Å². The van der Waals surface area contributed by atoms with Crippen molar-refractivity contribution in [3.05, 3.63) is 92.5 Å². The number of para-hydroxylation sites is 1. The number of thiazole rings is 1. The maximum Gasteiger partial charge on any atom is 0.348 e. The maximum absolute atomic E-state index is 14.7. The predicted molar refractivity (Wildman–Crippen MR) is 268 cm³/mol. The number of likely N-dealkylation sites (tertiary alicyclic amines) is 1. The number of aryl methyl sites for hydroxylation is 3. The molecule has 0 unspecified atom stereocenters. The molecule has 4 amide bonds. The minimum absolute atomic E-state index is 0.00992. The van der Waals surface area contributed by atoms with Crippen LogP contribution in [0.1, 0.15) is 148 Å². The van der Waals surface area contributed by atoms with Crippen LogP contribution in [0.3, 0.4) is 0 Å². The molecule has 2 aromatic carbocycles. The molecule has 1 fully saturated rings. The van der Waals surface area contributed by atoms with Gasteiger partial charge in [0.25, 0.3) is 12.3 Å². The Bertz CT molecular complexity index is 2750. The van der Waals surface area contributed by atoms with Gasteiger partial charge in [0.05, 0.1) is 35.0 Å². The summed E-state index contributed by atoms with van der Waals surface area (Å²) in [5.74, 6) is 0.195.